The second-order valence-electron chi connectivity index (χ2n) is 15.4. The molecule has 1 fully saturated rings. The van der Waals surface area contributed by atoms with Gasteiger partial charge in [-0.25, -0.2) is 0 Å². The summed E-state index contributed by atoms with van der Waals surface area (Å²) in [6.07, 6.45) is -1.49. The highest BCUT2D eigenvalue weighted by atomic mass is 32.1. The Kier molecular flexibility index (Phi) is 13.0. The van der Waals surface area contributed by atoms with Gasteiger partial charge < -0.3 is 41.5 Å². The zero-order valence-corrected chi connectivity index (χ0v) is 26.5. The van der Waals surface area contributed by atoms with Gasteiger partial charge in [0.1, 0.15) is 6.10 Å². The van der Waals surface area contributed by atoms with Crippen LogP contribution >= 0.6 is 12.2 Å². The fourth-order valence-electron chi connectivity index (χ4n) is 6.22. The molecule has 1 aliphatic carbocycles. The Balaban J connectivity index is 3.02. The average molecular weight is 562 g/mol. The first-order valence-corrected chi connectivity index (χ1v) is 14.7. The Morgan fingerprint density at radius 3 is 1.92 bits per heavy atom. The van der Waals surface area contributed by atoms with Gasteiger partial charge in [0.2, 0.25) is 0 Å². The summed E-state index contributed by atoms with van der Waals surface area (Å²) >= 11 is 5.65. The van der Waals surface area contributed by atoms with E-state index in [1.165, 1.54) is 0 Å². The van der Waals surface area contributed by atoms with Gasteiger partial charge in [-0.05, 0) is 74.4 Å². The Bertz CT molecular complexity index is 735. The second-order valence-corrected chi connectivity index (χ2v) is 15.8. The third-order valence-electron chi connectivity index (χ3n) is 7.33. The van der Waals surface area contributed by atoms with Crippen molar-refractivity contribution in [3.05, 3.63) is 0 Å². The molecule has 8 N–H and O–H groups in total. The minimum atomic E-state index is -1.23. The van der Waals surface area contributed by atoms with Crippen molar-refractivity contribution in [2.24, 2.45) is 16.2 Å². The molecule has 0 saturated heterocycles. The van der Waals surface area contributed by atoms with E-state index in [2.05, 4.69) is 71.3 Å². The average Bonchev–Trinajstić information content (AvgIpc) is 2.80. The van der Waals surface area contributed by atoms with Gasteiger partial charge in [0.05, 0.1) is 30.5 Å². The number of rotatable bonds is 11. The monoisotopic (exact) mass is 561 g/mol. The van der Waals surface area contributed by atoms with E-state index in [1.54, 1.807) is 0 Å². The van der Waals surface area contributed by atoms with Crippen LogP contribution in [0.3, 0.4) is 0 Å². The summed E-state index contributed by atoms with van der Waals surface area (Å²) in [5.74, 6) is 0. The van der Waals surface area contributed by atoms with E-state index in [9.17, 15) is 25.5 Å². The van der Waals surface area contributed by atoms with Crippen LogP contribution in [-0.4, -0.2) is 85.3 Å². The molecule has 1 rings (SSSR count). The molecule has 0 amide bonds. The van der Waals surface area contributed by atoms with Gasteiger partial charge in [-0.3, -0.25) is 0 Å². The van der Waals surface area contributed by atoms with Crippen LogP contribution in [-0.2, 0) is 0 Å². The van der Waals surface area contributed by atoms with Crippen molar-refractivity contribution in [3.8, 4) is 0 Å². The summed E-state index contributed by atoms with van der Waals surface area (Å²) < 4.78 is 0. The van der Waals surface area contributed by atoms with Crippen molar-refractivity contribution in [1.82, 2.24) is 16.0 Å². The van der Waals surface area contributed by atoms with E-state index in [1.807, 2.05) is 13.8 Å². The molecule has 1 saturated carbocycles. The van der Waals surface area contributed by atoms with Crippen molar-refractivity contribution >= 4 is 17.3 Å². The first kappa shape index (κ1) is 35.5. The molecule has 1 aliphatic rings. The van der Waals surface area contributed by atoms with Crippen LogP contribution in [0.25, 0.3) is 0 Å². The van der Waals surface area contributed by atoms with E-state index >= 15 is 0 Å². The molecule has 8 nitrogen and oxygen atoms in total. The van der Waals surface area contributed by atoms with Gasteiger partial charge in [-0.15, -0.1) is 0 Å². The molecule has 0 aliphatic heterocycles. The smallest absolute Gasteiger partial charge is 0.167 e. The standard InChI is InChI=1S/C29H59N3O5S/c1-26(2,3)16-28(7,8)22(35)14-21(34)19(31-25(38)32-29(9,10)17-27(4,5)6)15-30-18-12-11-13-20(33)24(37)23(18)36/h18-24,30,33-37H,11-17H2,1-10H3,(H2,31,32,38). The lowest BCUT2D eigenvalue weighted by atomic mass is 9.71. The second kappa shape index (κ2) is 13.9. The number of hydrogen-bond acceptors (Lipinski definition) is 7. The number of thiocarbonyl (C=S) groups is 1. The van der Waals surface area contributed by atoms with Gasteiger partial charge in [0, 0.05) is 24.5 Å². The molecule has 0 aromatic heterocycles. The van der Waals surface area contributed by atoms with Crippen LogP contribution in [0.1, 0.15) is 108 Å². The first-order valence-electron chi connectivity index (χ1n) is 14.3. The molecular weight excluding hydrogens is 502 g/mol. The third-order valence-corrected chi connectivity index (χ3v) is 7.55. The van der Waals surface area contributed by atoms with Crippen molar-refractivity contribution in [1.29, 1.82) is 0 Å². The molecule has 0 bridgehead atoms. The molecule has 9 heteroatoms. The topological polar surface area (TPSA) is 137 Å². The lowest BCUT2D eigenvalue weighted by Gasteiger charge is -2.39. The third kappa shape index (κ3) is 12.7. The van der Waals surface area contributed by atoms with Gasteiger partial charge in [0.15, 0.2) is 5.11 Å². The largest absolute Gasteiger partial charge is 0.392 e. The quantitative estimate of drug-likeness (QED) is 0.141. The van der Waals surface area contributed by atoms with E-state index in [0.29, 0.717) is 24.4 Å². The van der Waals surface area contributed by atoms with Crippen molar-refractivity contribution in [2.75, 3.05) is 6.54 Å². The number of aliphatic hydroxyl groups excluding tert-OH is 5. The SMILES string of the molecule is CC(C)(C)CC(C)(C)NC(=S)NC(CNC1CCCC(O)C(O)C1O)C(O)CC(O)C(C)(C)CC(C)(C)C. The highest BCUT2D eigenvalue weighted by Crippen LogP contribution is 2.37. The molecule has 0 aromatic carbocycles. The van der Waals surface area contributed by atoms with E-state index < -0.39 is 48.0 Å². The predicted octanol–water partition coefficient (Wildman–Crippen LogP) is 2.83. The summed E-state index contributed by atoms with van der Waals surface area (Å²) in [6, 6.07) is -1.00. The van der Waals surface area contributed by atoms with Crippen molar-refractivity contribution < 1.29 is 25.5 Å². The van der Waals surface area contributed by atoms with E-state index in [4.69, 9.17) is 12.2 Å². The molecule has 7 atom stereocenters. The lowest BCUT2D eigenvalue weighted by molar-refractivity contribution is -0.0654. The molecule has 226 valence electrons. The zero-order chi connectivity index (χ0) is 29.7. The minimum absolute atomic E-state index is 0.0276. The fraction of sp³-hybridized carbons (Fsp3) is 0.966. The Morgan fingerprint density at radius 1 is 0.842 bits per heavy atom. The molecule has 7 unspecified atom stereocenters. The summed E-state index contributed by atoms with van der Waals surface area (Å²) in [4.78, 5) is 0. The summed E-state index contributed by atoms with van der Waals surface area (Å²) in [6.45, 7) is 21.4. The highest BCUT2D eigenvalue weighted by molar-refractivity contribution is 7.80. The zero-order valence-electron chi connectivity index (χ0n) is 25.6. The van der Waals surface area contributed by atoms with E-state index in [-0.39, 0.29) is 29.3 Å². The van der Waals surface area contributed by atoms with Gasteiger partial charge in [-0.2, -0.15) is 0 Å². The van der Waals surface area contributed by atoms with Crippen LogP contribution in [0.15, 0.2) is 0 Å². The first-order chi connectivity index (χ1) is 17.0. The Labute approximate surface area is 237 Å². The molecule has 0 radical (unpaired) electrons. The number of aliphatic hydroxyl groups is 5. The van der Waals surface area contributed by atoms with Gasteiger partial charge in [0.25, 0.3) is 0 Å². The van der Waals surface area contributed by atoms with Crippen LogP contribution in [0, 0.1) is 16.2 Å². The van der Waals surface area contributed by atoms with Crippen LogP contribution in [0.4, 0.5) is 0 Å². The maximum absolute atomic E-state index is 11.3. The van der Waals surface area contributed by atoms with Crippen LogP contribution < -0.4 is 16.0 Å². The van der Waals surface area contributed by atoms with Crippen LogP contribution in [0.5, 0.6) is 0 Å². The number of nitrogens with one attached hydrogen (secondary N) is 3. The van der Waals surface area contributed by atoms with Gasteiger partial charge in [-0.1, -0.05) is 55.4 Å². The lowest BCUT2D eigenvalue weighted by Crippen LogP contribution is -2.59. The molecule has 0 spiro atoms. The normalized spacial score (nSPS) is 26.3. The summed E-state index contributed by atoms with van der Waals surface area (Å²) in [5, 5.41) is 63.7. The Hall–Kier alpha value is -0.550. The maximum Gasteiger partial charge on any atom is 0.167 e. The summed E-state index contributed by atoms with van der Waals surface area (Å²) in [7, 11) is 0. The van der Waals surface area contributed by atoms with Gasteiger partial charge >= 0.3 is 0 Å². The number of hydrogen-bond donors (Lipinski definition) is 8. The fourth-order valence-corrected chi connectivity index (χ4v) is 6.64. The predicted molar refractivity (Wildman–Crippen MR) is 159 cm³/mol. The van der Waals surface area contributed by atoms with Crippen molar-refractivity contribution in [3.63, 3.8) is 0 Å². The van der Waals surface area contributed by atoms with E-state index in [0.717, 1.165) is 12.8 Å². The highest BCUT2D eigenvalue weighted by Gasteiger charge is 2.37. The Morgan fingerprint density at radius 2 is 1.39 bits per heavy atom. The molecule has 38 heavy (non-hydrogen) atoms. The molecule has 0 heterocycles. The molecule has 0 aromatic rings. The summed E-state index contributed by atoms with van der Waals surface area (Å²) in [5.41, 5.74) is -0.560. The minimum Gasteiger partial charge on any atom is -0.392 e. The van der Waals surface area contributed by atoms with Crippen molar-refractivity contribution in [2.45, 2.75) is 156 Å². The maximum atomic E-state index is 11.3. The van der Waals surface area contributed by atoms with Crippen LogP contribution in [0.2, 0.25) is 0 Å². The molecular formula is C29H59N3O5S.